The molecule has 2 N–H and O–H groups in total. The van der Waals surface area contributed by atoms with E-state index in [1.807, 2.05) is 23.1 Å². The number of nitrogens with zero attached hydrogens (tertiary/aromatic N) is 4. The lowest BCUT2D eigenvalue weighted by molar-refractivity contribution is -0.134. The van der Waals surface area contributed by atoms with Gasteiger partial charge in [-0.15, -0.1) is 0 Å². The number of nitrogen functional groups attached to an aromatic ring is 1. The van der Waals surface area contributed by atoms with Crippen molar-refractivity contribution in [2.45, 2.75) is 44.4 Å². The van der Waals surface area contributed by atoms with Crippen LogP contribution in [0.2, 0.25) is 0 Å². The number of rotatable bonds is 7. The minimum absolute atomic E-state index is 0.129. The smallest absolute Gasteiger partial charge is 0.230 e. The molecule has 1 atom stereocenters. The predicted molar refractivity (Wildman–Crippen MR) is 153 cm³/mol. The average Bonchev–Trinajstić information content (AvgIpc) is 3.26. The van der Waals surface area contributed by atoms with Crippen LogP contribution in [0.5, 0.6) is 17.2 Å². The maximum Gasteiger partial charge on any atom is 0.230 e. The van der Waals surface area contributed by atoms with Crippen LogP contribution in [0.1, 0.15) is 50.0 Å². The standard InChI is InChI=1S/C30H39N5O4/c1-37-22-12-10-21(11-13-22)27(20-8-6-4-5-7-9-20)29(36)34-14-16-35(17-15-34)30-32-24-19-26(39-3)25(38-2)18-23(24)28(31)33-30/h10-13,18-20,27H,4-9,14-17H2,1-3H3,(H2,31,32,33). The second kappa shape index (κ2) is 12.0. The van der Waals surface area contributed by atoms with Gasteiger partial charge in [0.05, 0.1) is 32.8 Å². The molecule has 2 heterocycles. The van der Waals surface area contributed by atoms with E-state index in [4.69, 9.17) is 24.9 Å². The number of methoxy groups -OCH3 is 3. The van der Waals surface area contributed by atoms with E-state index in [1.165, 1.54) is 25.7 Å². The first-order valence-corrected chi connectivity index (χ1v) is 13.9. The second-order valence-corrected chi connectivity index (χ2v) is 10.4. The van der Waals surface area contributed by atoms with Crippen LogP contribution >= 0.6 is 0 Å². The highest BCUT2D eigenvalue weighted by molar-refractivity contribution is 5.92. The predicted octanol–water partition coefficient (Wildman–Crippen LogP) is 4.64. The number of anilines is 2. The monoisotopic (exact) mass is 533 g/mol. The zero-order valence-corrected chi connectivity index (χ0v) is 23.2. The third kappa shape index (κ3) is 5.67. The molecule has 1 aliphatic carbocycles. The average molecular weight is 534 g/mol. The minimum atomic E-state index is -0.129. The Labute approximate surface area is 230 Å². The summed E-state index contributed by atoms with van der Waals surface area (Å²) in [6, 6.07) is 11.7. The zero-order valence-electron chi connectivity index (χ0n) is 23.2. The molecule has 2 aromatic carbocycles. The first-order valence-electron chi connectivity index (χ1n) is 13.9. The summed E-state index contributed by atoms with van der Waals surface area (Å²) in [4.78, 5) is 27.6. The summed E-state index contributed by atoms with van der Waals surface area (Å²) in [5, 5.41) is 0.718. The molecule has 1 unspecified atom stereocenters. The third-order valence-corrected chi connectivity index (χ3v) is 8.21. The molecule has 1 aliphatic heterocycles. The van der Waals surface area contributed by atoms with Crippen molar-refractivity contribution in [3.05, 3.63) is 42.0 Å². The van der Waals surface area contributed by atoms with Gasteiger partial charge in [-0.1, -0.05) is 37.8 Å². The highest BCUT2D eigenvalue weighted by Crippen LogP contribution is 2.38. The lowest BCUT2D eigenvalue weighted by Crippen LogP contribution is -2.51. The normalized spacial score (nSPS) is 17.5. The first kappa shape index (κ1) is 26.8. The number of hydrogen-bond acceptors (Lipinski definition) is 8. The Morgan fingerprint density at radius 3 is 2.13 bits per heavy atom. The van der Waals surface area contributed by atoms with Crippen LogP contribution in [0.25, 0.3) is 10.9 Å². The van der Waals surface area contributed by atoms with Gasteiger partial charge in [0.1, 0.15) is 11.6 Å². The Balaban J connectivity index is 1.34. The molecular weight excluding hydrogens is 494 g/mol. The first-order chi connectivity index (χ1) is 19.0. The molecule has 5 rings (SSSR count). The van der Waals surface area contributed by atoms with Crippen LogP contribution in [0, 0.1) is 5.92 Å². The largest absolute Gasteiger partial charge is 0.497 e. The minimum Gasteiger partial charge on any atom is -0.497 e. The molecule has 9 heteroatoms. The van der Waals surface area contributed by atoms with Gasteiger partial charge in [0, 0.05) is 37.6 Å². The summed E-state index contributed by atoms with van der Waals surface area (Å²) in [6.45, 7) is 2.52. The molecule has 1 amide bonds. The fraction of sp³-hybridized carbons (Fsp3) is 0.500. The van der Waals surface area contributed by atoms with E-state index in [0.717, 1.165) is 29.5 Å². The van der Waals surface area contributed by atoms with Crippen LogP contribution in [-0.4, -0.2) is 68.3 Å². The number of ether oxygens (including phenoxy) is 3. The second-order valence-electron chi connectivity index (χ2n) is 10.4. The van der Waals surface area contributed by atoms with Gasteiger partial charge in [0.2, 0.25) is 11.9 Å². The van der Waals surface area contributed by atoms with Crippen molar-refractivity contribution in [2.75, 3.05) is 58.1 Å². The maximum atomic E-state index is 14.1. The summed E-state index contributed by atoms with van der Waals surface area (Å²) >= 11 is 0. The van der Waals surface area contributed by atoms with Crippen LogP contribution in [-0.2, 0) is 4.79 Å². The Morgan fingerprint density at radius 1 is 0.872 bits per heavy atom. The Morgan fingerprint density at radius 2 is 1.51 bits per heavy atom. The van der Waals surface area contributed by atoms with Crippen molar-refractivity contribution in [3.63, 3.8) is 0 Å². The molecule has 39 heavy (non-hydrogen) atoms. The van der Waals surface area contributed by atoms with Gasteiger partial charge in [-0.05, 0) is 42.5 Å². The number of nitrogens with two attached hydrogens (primary N) is 1. The topological polar surface area (TPSA) is 103 Å². The van der Waals surface area contributed by atoms with E-state index in [0.29, 0.717) is 60.9 Å². The van der Waals surface area contributed by atoms with Crippen molar-refractivity contribution in [3.8, 4) is 17.2 Å². The molecule has 208 valence electrons. The number of aromatic nitrogens is 2. The SMILES string of the molecule is COc1ccc(C(C(=O)N2CCN(c3nc(N)c4cc(OC)c(OC)cc4n3)CC2)C2CCCCCC2)cc1. The number of benzene rings is 2. The van der Waals surface area contributed by atoms with E-state index in [2.05, 4.69) is 22.0 Å². The van der Waals surface area contributed by atoms with Gasteiger partial charge < -0.3 is 29.7 Å². The Bertz CT molecular complexity index is 1280. The maximum absolute atomic E-state index is 14.1. The molecule has 1 aromatic heterocycles. The Kier molecular flexibility index (Phi) is 8.24. The van der Waals surface area contributed by atoms with Gasteiger partial charge in [-0.3, -0.25) is 4.79 Å². The van der Waals surface area contributed by atoms with E-state index in [1.54, 1.807) is 27.4 Å². The van der Waals surface area contributed by atoms with E-state index >= 15 is 0 Å². The summed E-state index contributed by atoms with van der Waals surface area (Å²) < 4.78 is 16.2. The third-order valence-electron chi connectivity index (χ3n) is 8.21. The number of carbonyl (C=O) groups excluding carboxylic acids is 1. The summed E-state index contributed by atoms with van der Waals surface area (Å²) in [5.41, 5.74) is 8.11. The van der Waals surface area contributed by atoms with E-state index < -0.39 is 0 Å². The van der Waals surface area contributed by atoms with E-state index in [9.17, 15) is 4.79 Å². The van der Waals surface area contributed by atoms with Crippen molar-refractivity contribution in [1.82, 2.24) is 14.9 Å². The summed E-state index contributed by atoms with van der Waals surface area (Å²) in [5.74, 6) is 3.40. The molecule has 0 spiro atoms. The van der Waals surface area contributed by atoms with Gasteiger partial charge in [-0.25, -0.2) is 4.98 Å². The molecule has 1 saturated heterocycles. The van der Waals surface area contributed by atoms with Gasteiger partial charge in [-0.2, -0.15) is 4.98 Å². The quantitative estimate of drug-likeness (QED) is 0.438. The van der Waals surface area contributed by atoms with Crippen LogP contribution in [0.3, 0.4) is 0 Å². The lowest BCUT2D eigenvalue weighted by Gasteiger charge is -2.38. The Hall–Kier alpha value is -3.75. The number of amides is 1. The van der Waals surface area contributed by atoms with Gasteiger partial charge >= 0.3 is 0 Å². The molecule has 2 aliphatic rings. The van der Waals surface area contributed by atoms with E-state index in [-0.39, 0.29) is 11.8 Å². The number of carbonyl (C=O) groups is 1. The number of piperazine rings is 1. The number of fused-ring (bicyclic) bond motifs is 1. The van der Waals surface area contributed by atoms with Gasteiger partial charge in [0.25, 0.3) is 0 Å². The summed E-state index contributed by atoms with van der Waals surface area (Å²) in [7, 11) is 4.85. The van der Waals surface area contributed by atoms with Crippen molar-refractivity contribution in [1.29, 1.82) is 0 Å². The molecule has 9 nitrogen and oxygen atoms in total. The number of hydrogen-bond donors (Lipinski definition) is 1. The molecule has 1 saturated carbocycles. The van der Waals surface area contributed by atoms with Crippen molar-refractivity contribution < 1.29 is 19.0 Å². The van der Waals surface area contributed by atoms with Crippen LogP contribution in [0.4, 0.5) is 11.8 Å². The fourth-order valence-electron chi connectivity index (χ4n) is 6.00. The van der Waals surface area contributed by atoms with Crippen molar-refractivity contribution in [2.24, 2.45) is 5.92 Å². The molecule has 0 radical (unpaired) electrons. The molecular formula is C30H39N5O4. The fourth-order valence-corrected chi connectivity index (χ4v) is 6.00. The zero-order chi connectivity index (χ0) is 27.4. The highest BCUT2D eigenvalue weighted by atomic mass is 16.5. The molecule has 0 bridgehead atoms. The van der Waals surface area contributed by atoms with Gasteiger partial charge in [0.15, 0.2) is 11.5 Å². The highest BCUT2D eigenvalue weighted by Gasteiger charge is 2.35. The van der Waals surface area contributed by atoms with Crippen molar-refractivity contribution >= 4 is 28.6 Å². The van der Waals surface area contributed by atoms with Crippen LogP contribution in [0.15, 0.2) is 36.4 Å². The van der Waals surface area contributed by atoms with Crippen LogP contribution < -0.4 is 24.8 Å². The lowest BCUT2D eigenvalue weighted by atomic mass is 9.80. The molecule has 2 fully saturated rings. The molecule has 3 aromatic rings. The summed E-state index contributed by atoms with van der Waals surface area (Å²) in [6.07, 6.45) is 7.09.